The van der Waals surface area contributed by atoms with Crippen molar-refractivity contribution in [1.29, 1.82) is 0 Å². The first kappa shape index (κ1) is 18.4. The molecule has 0 bridgehead atoms. The fourth-order valence-corrected chi connectivity index (χ4v) is 3.17. The molecule has 1 unspecified atom stereocenters. The van der Waals surface area contributed by atoms with Gasteiger partial charge in [0.25, 0.3) is 5.91 Å². The molecule has 8 heteroatoms. The predicted molar refractivity (Wildman–Crippen MR) is 104 cm³/mol. The number of halogens is 1. The van der Waals surface area contributed by atoms with Gasteiger partial charge in [-0.15, -0.1) is 0 Å². The number of anilines is 3. The van der Waals surface area contributed by atoms with Crippen molar-refractivity contribution in [3.63, 3.8) is 0 Å². The van der Waals surface area contributed by atoms with Gasteiger partial charge in [0.05, 0.1) is 24.1 Å². The van der Waals surface area contributed by atoms with E-state index in [4.69, 9.17) is 4.42 Å². The zero-order valence-corrected chi connectivity index (χ0v) is 15.1. The van der Waals surface area contributed by atoms with Gasteiger partial charge in [0.15, 0.2) is 5.76 Å². The molecule has 0 saturated carbocycles. The lowest BCUT2D eigenvalue weighted by Crippen LogP contribution is -2.52. The lowest BCUT2D eigenvalue weighted by molar-refractivity contribution is -0.122. The molecule has 1 aliphatic rings. The van der Waals surface area contributed by atoms with Crippen LogP contribution in [0.15, 0.2) is 71.3 Å². The van der Waals surface area contributed by atoms with E-state index in [2.05, 4.69) is 10.6 Å². The normalized spacial score (nSPS) is 15.4. The zero-order chi connectivity index (χ0) is 20.4. The van der Waals surface area contributed by atoms with Crippen LogP contribution >= 0.6 is 0 Å². The number of para-hydroxylation sites is 2. The molecule has 3 amide bonds. The number of furan rings is 1. The molecule has 146 valence electrons. The lowest BCUT2D eigenvalue weighted by atomic mass is 10.0. The number of hydrogen-bond acceptors (Lipinski definition) is 4. The highest BCUT2D eigenvalue weighted by molar-refractivity contribution is 6.17. The van der Waals surface area contributed by atoms with Gasteiger partial charge in [-0.05, 0) is 48.5 Å². The standard InChI is InChI=1S/C21H16FN3O4/c22-13-7-9-14(10-8-13)23-19(26)12-17-20(27)24-15-4-1-2-5-16(15)25(17)21(28)18-6-3-11-29-18/h1-11,17H,12H2,(H,23,26)(H,24,27). The van der Waals surface area contributed by atoms with E-state index in [1.54, 1.807) is 30.3 Å². The molecule has 2 aromatic carbocycles. The van der Waals surface area contributed by atoms with Crippen LogP contribution in [0.3, 0.4) is 0 Å². The van der Waals surface area contributed by atoms with E-state index in [0.29, 0.717) is 17.1 Å². The van der Waals surface area contributed by atoms with Crippen molar-refractivity contribution in [2.75, 3.05) is 15.5 Å². The molecular formula is C21H16FN3O4. The lowest BCUT2D eigenvalue weighted by Gasteiger charge is -2.35. The number of nitrogens with one attached hydrogen (secondary N) is 2. The highest BCUT2D eigenvalue weighted by atomic mass is 19.1. The molecular weight excluding hydrogens is 377 g/mol. The largest absolute Gasteiger partial charge is 0.459 e. The summed E-state index contributed by atoms with van der Waals surface area (Å²) in [6.45, 7) is 0. The van der Waals surface area contributed by atoms with E-state index in [9.17, 15) is 18.8 Å². The quantitative estimate of drug-likeness (QED) is 0.711. The number of amides is 3. The van der Waals surface area contributed by atoms with Crippen molar-refractivity contribution in [3.8, 4) is 0 Å². The number of carbonyl (C=O) groups excluding carboxylic acids is 3. The molecule has 1 aliphatic heterocycles. The van der Waals surface area contributed by atoms with Crippen molar-refractivity contribution in [1.82, 2.24) is 0 Å². The third-order valence-electron chi connectivity index (χ3n) is 4.49. The number of carbonyl (C=O) groups is 3. The molecule has 0 radical (unpaired) electrons. The van der Waals surface area contributed by atoms with Gasteiger partial charge in [-0.3, -0.25) is 19.3 Å². The number of hydrogen-bond donors (Lipinski definition) is 2. The van der Waals surface area contributed by atoms with Crippen LogP contribution in [-0.4, -0.2) is 23.8 Å². The molecule has 0 spiro atoms. The maximum atomic E-state index is 13.0. The van der Waals surface area contributed by atoms with Gasteiger partial charge in [-0.2, -0.15) is 0 Å². The Balaban J connectivity index is 1.62. The average molecular weight is 393 g/mol. The van der Waals surface area contributed by atoms with E-state index >= 15 is 0 Å². The Morgan fingerprint density at radius 2 is 1.83 bits per heavy atom. The van der Waals surface area contributed by atoms with Crippen molar-refractivity contribution in [2.24, 2.45) is 0 Å². The van der Waals surface area contributed by atoms with Crippen LogP contribution in [-0.2, 0) is 9.59 Å². The fourth-order valence-electron chi connectivity index (χ4n) is 3.17. The highest BCUT2D eigenvalue weighted by Crippen LogP contribution is 2.34. The van der Waals surface area contributed by atoms with Crippen LogP contribution in [0, 0.1) is 5.82 Å². The summed E-state index contributed by atoms with van der Waals surface area (Å²) in [5.41, 5.74) is 1.32. The fraction of sp³-hybridized carbons (Fsp3) is 0.0952. The average Bonchev–Trinajstić information content (AvgIpc) is 3.25. The Labute approximate surface area is 165 Å². The van der Waals surface area contributed by atoms with Crippen molar-refractivity contribution in [3.05, 3.63) is 78.5 Å². The summed E-state index contributed by atoms with van der Waals surface area (Å²) in [4.78, 5) is 39.5. The third-order valence-corrected chi connectivity index (χ3v) is 4.49. The molecule has 2 heterocycles. The summed E-state index contributed by atoms with van der Waals surface area (Å²) < 4.78 is 18.2. The summed E-state index contributed by atoms with van der Waals surface area (Å²) in [7, 11) is 0. The van der Waals surface area contributed by atoms with E-state index in [1.807, 2.05) is 0 Å². The minimum Gasteiger partial charge on any atom is -0.459 e. The van der Waals surface area contributed by atoms with Crippen LogP contribution in [0.2, 0.25) is 0 Å². The van der Waals surface area contributed by atoms with Crippen molar-refractivity contribution in [2.45, 2.75) is 12.5 Å². The van der Waals surface area contributed by atoms with Gasteiger partial charge in [0.2, 0.25) is 11.8 Å². The molecule has 1 atom stereocenters. The number of rotatable bonds is 4. The highest BCUT2D eigenvalue weighted by Gasteiger charge is 2.39. The van der Waals surface area contributed by atoms with Gasteiger partial charge in [-0.25, -0.2) is 4.39 Å². The molecule has 0 aliphatic carbocycles. The van der Waals surface area contributed by atoms with E-state index in [0.717, 1.165) is 0 Å². The summed E-state index contributed by atoms with van der Waals surface area (Å²) in [6, 6.07) is 14.0. The molecule has 2 N–H and O–H groups in total. The smallest absolute Gasteiger partial charge is 0.294 e. The Bertz CT molecular complexity index is 1060. The Morgan fingerprint density at radius 1 is 1.07 bits per heavy atom. The molecule has 0 saturated heterocycles. The zero-order valence-electron chi connectivity index (χ0n) is 15.1. The predicted octanol–water partition coefficient (Wildman–Crippen LogP) is 3.42. The minimum atomic E-state index is -1.08. The van der Waals surface area contributed by atoms with Crippen LogP contribution in [0.5, 0.6) is 0 Å². The second-order valence-electron chi connectivity index (χ2n) is 6.43. The summed E-state index contributed by atoms with van der Waals surface area (Å²) in [5.74, 6) is -1.89. The first-order chi connectivity index (χ1) is 14.0. The van der Waals surface area contributed by atoms with Crippen LogP contribution < -0.4 is 15.5 Å². The summed E-state index contributed by atoms with van der Waals surface area (Å²) in [5, 5.41) is 5.33. The number of nitrogens with zero attached hydrogens (tertiary/aromatic N) is 1. The molecule has 3 aromatic rings. The van der Waals surface area contributed by atoms with E-state index in [1.165, 1.54) is 41.5 Å². The minimum absolute atomic E-state index is 0.0541. The molecule has 0 fully saturated rings. The van der Waals surface area contributed by atoms with Crippen LogP contribution in [0.1, 0.15) is 17.0 Å². The molecule has 4 rings (SSSR count). The number of benzene rings is 2. The number of fused-ring (bicyclic) bond motifs is 1. The Morgan fingerprint density at radius 3 is 2.55 bits per heavy atom. The molecule has 29 heavy (non-hydrogen) atoms. The van der Waals surface area contributed by atoms with Crippen LogP contribution in [0.4, 0.5) is 21.5 Å². The maximum absolute atomic E-state index is 13.0. The van der Waals surface area contributed by atoms with Gasteiger partial charge in [0, 0.05) is 5.69 Å². The first-order valence-corrected chi connectivity index (χ1v) is 8.85. The summed E-state index contributed by atoms with van der Waals surface area (Å²) >= 11 is 0. The third kappa shape index (κ3) is 3.73. The maximum Gasteiger partial charge on any atom is 0.294 e. The summed E-state index contributed by atoms with van der Waals surface area (Å²) in [6.07, 6.45) is 1.07. The van der Waals surface area contributed by atoms with Gasteiger partial charge in [-0.1, -0.05) is 12.1 Å². The van der Waals surface area contributed by atoms with Gasteiger partial charge >= 0.3 is 0 Å². The SMILES string of the molecule is O=C(CC1C(=O)Nc2ccccc2N1C(=O)c1ccco1)Nc1ccc(F)cc1. The molecule has 1 aromatic heterocycles. The van der Waals surface area contributed by atoms with Gasteiger partial charge in [0.1, 0.15) is 11.9 Å². The van der Waals surface area contributed by atoms with Crippen molar-refractivity contribution < 1.29 is 23.2 Å². The Kier molecular flexibility index (Phi) is 4.82. The monoisotopic (exact) mass is 393 g/mol. The van der Waals surface area contributed by atoms with Crippen molar-refractivity contribution >= 4 is 34.8 Å². The van der Waals surface area contributed by atoms with Crippen LogP contribution in [0.25, 0.3) is 0 Å². The Hall–Kier alpha value is -3.94. The van der Waals surface area contributed by atoms with Gasteiger partial charge < -0.3 is 15.1 Å². The topological polar surface area (TPSA) is 91.7 Å². The van der Waals surface area contributed by atoms with E-state index < -0.39 is 29.6 Å². The van der Waals surface area contributed by atoms with E-state index in [-0.39, 0.29) is 12.2 Å². The second kappa shape index (κ2) is 7.59. The second-order valence-corrected chi connectivity index (χ2v) is 6.43. The molecule has 7 nitrogen and oxygen atoms in total. The first-order valence-electron chi connectivity index (χ1n) is 8.85.